The van der Waals surface area contributed by atoms with Crippen molar-refractivity contribution in [2.75, 3.05) is 10.8 Å². The Morgan fingerprint density at radius 3 is 2.05 bits per heavy atom. The van der Waals surface area contributed by atoms with Gasteiger partial charge in [-0.05, 0) is 99.2 Å². The van der Waals surface area contributed by atoms with Gasteiger partial charge in [0.05, 0.1) is 10.6 Å². The zero-order chi connectivity index (χ0) is 28.1. The van der Waals surface area contributed by atoms with Crippen LogP contribution in [-0.2, 0) is 26.2 Å². The molecule has 0 aromatic heterocycles. The van der Waals surface area contributed by atoms with Crippen molar-refractivity contribution >= 4 is 50.1 Å². The van der Waals surface area contributed by atoms with Crippen LogP contribution in [0.2, 0.25) is 0 Å². The summed E-state index contributed by atoms with van der Waals surface area (Å²) in [4.78, 5) is 28.5. The Labute approximate surface area is 239 Å². The number of benzene rings is 3. The molecule has 3 aromatic carbocycles. The first-order valence-corrected chi connectivity index (χ1v) is 14.8. The summed E-state index contributed by atoms with van der Waals surface area (Å²) in [7, 11) is -4.07. The van der Waals surface area contributed by atoms with Gasteiger partial charge in [-0.1, -0.05) is 48.0 Å². The fraction of sp³-hybridized carbons (Fsp3) is 0.310. The van der Waals surface area contributed by atoms with E-state index in [2.05, 4.69) is 27.9 Å². The molecule has 3 aromatic rings. The number of aryl methyl sites for hydroxylation is 1. The smallest absolute Gasteiger partial charge is 0.264 e. The highest BCUT2D eigenvalue weighted by Gasteiger charge is 2.33. The highest BCUT2D eigenvalue weighted by molar-refractivity contribution is 14.1. The topological polar surface area (TPSA) is 86.8 Å². The van der Waals surface area contributed by atoms with Gasteiger partial charge in [-0.15, -0.1) is 0 Å². The summed E-state index contributed by atoms with van der Waals surface area (Å²) < 4.78 is 29.5. The predicted molar refractivity (Wildman–Crippen MR) is 159 cm³/mol. The zero-order valence-electron chi connectivity index (χ0n) is 22.3. The second-order valence-electron chi connectivity index (χ2n) is 10.2. The zero-order valence-corrected chi connectivity index (χ0v) is 25.3. The van der Waals surface area contributed by atoms with E-state index in [-0.39, 0.29) is 17.3 Å². The molecule has 0 radical (unpaired) electrons. The van der Waals surface area contributed by atoms with Gasteiger partial charge >= 0.3 is 0 Å². The van der Waals surface area contributed by atoms with Gasteiger partial charge in [-0.2, -0.15) is 0 Å². The molecule has 38 heavy (non-hydrogen) atoms. The summed E-state index contributed by atoms with van der Waals surface area (Å²) in [6.45, 7) is 8.94. The number of hydrogen-bond donors (Lipinski definition) is 1. The van der Waals surface area contributed by atoms with E-state index in [4.69, 9.17) is 0 Å². The molecule has 0 fully saturated rings. The maximum Gasteiger partial charge on any atom is 0.264 e. The molecule has 0 aliphatic carbocycles. The van der Waals surface area contributed by atoms with E-state index < -0.39 is 34.1 Å². The number of hydrogen-bond acceptors (Lipinski definition) is 4. The van der Waals surface area contributed by atoms with Gasteiger partial charge in [0, 0.05) is 15.7 Å². The highest BCUT2D eigenvalue weighted by Crippen LogP contribution is 2.25. The second kappa shape index (κ2) is 12.3. The van der Waals surface area contributed by atoms with E-state index >= 15 is 0 Å². The highest BCUT2D eigenvalue weighted by atomic mass is 127. The van der Waals surface area contributed by atoms with Crippen molar-refractivity contribution in [1.29, 1.82) is 0 Å². The van der Waals surface area contributed by atoms with Crippen molar-refractivity contribution < 1.29 is 18.0 Å². The first-order chi connectivity index (χ1) is 17.8. The maximum absolute atomic E-state index is 13.9. The Balaban J connectivity index is 2.01. The van der Waals surface area contributed by atoms with E-state index in [0.717, 1.165) is 19.0 Å². The van der Waals surface area contributed by atoms with Crippen molar-refractivity contribution in [3.63, 3.8) is 0 Å². The number of nitrogens with zero attached hydrogens (tertiary/aromatic N) is 2. The van der Waals surface area contributed by atoms with Crippen LogP contribution in [0.3, 0.4) is 0 Å². The Morgan fingerprint density at radius 2 is 1.50 bits per heavy atom. The van der Waals surface area contributed by atoms with Crippen LogP contribution >= 0.6 is 22.6 Å². The van der Waals surface area contributed by atoms with Crippen LogP contribution < -0.4 is 9.62 Å². The van der Waals surface area contributed by atoms with E-state index in [0.29, 0.717) is 5.69 Å². The molecule has 0 bridgehead atoms. The number of anilines is 1. The fourth-order valence-electron chi connectivity index (χ4n) is 3.80. The van der Waals surface area contributed by atoms with Crippen LogP contribution in [0.1, 0.15) is 38.8 Å². The van der Waals surface area contributed by atoms with Gasteiger partial charge in [0.25, 0.3) is 10.0 Å². The molecule has 1 atom stereocenters. The average molecular weight is 648 g/mol. The third kappa shape index (κ3) is 7.80. The van der Waals surface area contributed by atoms with Gasteiger partial charge in [0.1, 0.15) is 12.6 Å². The molecule has 2 amide bonds. The Hall–Kier alpha value is -2.92. The van der Waals surface area contributed by atoms with Crippen molar-refractivity contribution in [1.82, 2.24) is 10.2 Å². The Bertz CT molecular complexity index is 1350. The number of carbonyl (C=O) groups is 2. The third-order valence-corrected chi connectivity index (χ3v) is 8.37. The van der Waals surface area contributed by atoms with Gasteiger partial charge in [-0.3, -0.25) is 13.9 Å². The largest absolute Gasteiger partial charge is 0.350 e. The lowest BCUT2D eigenvalue weighted by Gasteiger charge is -2.33. The molecular formula is C29H34IN3O4S. The summed E-state index contributed by atoms with van der Waals surface area (Å²) in [5.74, 6) is -0.801. The normalized spacial score (nSPS) is 12.5. The van der Waals surface area contributed by atoms with Crippen molar-refractivity contribution in [2.45, 2.75) is 57.6 Å². The van der Waals surface area contributed by atoms with E-state index in [1.54, 1.807) is 49.4 Å². The van der Waals surface area contributed by atoms with Crippen LogP contribution in [-0.4, -0.2) is 43.3 Å². The Kier molecular flexibility index (Phi) is 9.59. The quantitative estimate of drug-likeness (QED) is 0.327. The summed E-state index contributed by atoms with van der Waals surface area (Å²) in [5, 5.41) is 2.93. The molecule has 0 spiro atoms. The van der Waals surface area contributed by atoms with Crippen LogP contribution in [0.25, 0.3) is 0 Å². The number of halogens is 1. The fourth-order valence-corrected chi connectivity index (χ4v) is 5.60. The van der Waals surface area contributed by atoms with Crippen LogP contribution in [0.4, 0.5) is 5.69 Å². The monoisotopic (exact) mass is 647 g/mol. The van der Waals surface area contributed by atoms with Crippen LogP contribution in [0, 0.1) is 10.5 Å². The molecular weight excluding hydrogens is 613 g/mol. The minimum Gasteiger partial charge on any atom is -0.350 e. The van der Waals surface area contributed by atoms with E-state index in [9.17, 15) is 18.0 Å². The summed E-state index contributed by atoms with van der Waals surface area (Å²) in [6.07, 6.45) is 0. The summed E-state index contributed by atoms with van der Waals surface area (Å²) in [6, 6.07) is 21.8. The SMILES string of the molecule is Cc1ccc(CN(C(=O)CN(c2ccc(I)cc2)S(=O)(=O)c2ccccc2)C(C)C(=O)NC(C)(C)C)cc1. The summed E-state index contributed by atoms with van der Waals surface area (Å²) in [5.41, 5.74) is 1.79. The third-order valence-electron chi connectivity index (χ3n) is 5.86. The number of amides is 2. The molecule has 0 aliphatic rings. The Morgan fingerprint density at radius 1 is 0.921 bits per heavy atom. The molecule has 1 unspecified atom stereocenters. The maximum atomic E-state index is 13.9. The van der Waals surface area contributed by atoms with E-state index in [1.807, 2.05) is 52.0 Å². The lowest BCUT2D eigenvalue weighted by atomic mass is 10.1. The van der Waals surface area contributed by atoms with E-state index in [1.165, 1.54) is 17.0 Å². The van der Waals surface area contributed by atoms with Gasteiger partial charge in [0.2, 0.25) is 11.8 Å². The number of rotatable bonds is 9. The molecule has 202 valence electrons. The van der Waals surface area contributed by atoms with Crippen molar-refractivity contribution in [2.24, 2.45) is 0 Å². The molecule has 3 rings (SSSR count). The van der Waals surface area contributed by atoms with Crippen LogP contribution in [0.5, 0.6) is 0 Å². The lowest BCUT2D eigenvalue weighted by Crippen LogP contribution is -2.54. The molecule has 9 heteroatoms. The predicted octanol–water partition coefficient (Wildman–Crippen LogP) is 5.13. The number of carbonyl (C=O) groups excluding carboxylic acids is 2. The molecule has 0 saturated heterocycles. The minimum absolute atomic E-state index is 0.0787. The van der Waals surface area contributed by atoms with Gasteiger partial charge < -0.3 is 10.2 Å². The minimum atomic E-state index is -4.07. The second-order valence-corrected chi connectivity index (χ2v) is 13.3. The lowest BCUT2D eigenvalue weighted by molar-refractivity contribution is -0.140. The van der Waals surface area contributed by atoms with Gasteiger partial charge in [-0.25, -0.2) is 8.42 Å². The van der Waals surface area contributed by atoms with Crippen molar-refractivity contribution in [3.8, 4) is 0 Å². The van der Waals surface area contributed by atoms with Crippen molar-refractivity contribution in [3.05, 3.63) is 93.6 Å². The summed E-state index contributed by atoms with van der Waals surface area (Å²) >= 11 is 2.14. The number of sulfonamides is 1. The molecule has 7 nitrogen and oxygen atoms in total. The average Bonchev–Trinajstić information content (AvgIpc) is 2.86. The first-order valence-electron chi connectivity index (χ1n) is 12.3. The number of nitrogens with one attached hydrogen (secondary N) is 1. The molecule has 0 aliphatic heterocycles. The molecule has 1 N–H and O–H groups in total. The van der Waals surface area contributed by atoms with Crippen LogP contribution in [0.15, 0.2) is 83.8 Å². The molecule has 0 heterocycles. The molecule has 0 saturated carbocycles. The first kappa shape index (κ1) is 29.6. The standard InChI is InChI=1S/C29H34IN3O4S/c1-21-11-13-23(14-12-21)19-32(22(2)28(35)31-29(3,4)5)27(34)20-33(25-17-15-24(30)16-18-25)38(36,37)26-9-7-6-8-10-26/h6-18,22H,19-20H2,1-5H3,(H,31,35). The van der Waals surface area contributed by atoms with Gasteiger partial charge in [0.15, 0.2) is 0 Å².